The van der Waals surface area contributed by atoms with Crippen molar-refractivity contribution in [1.82, 2.24) is 60.1 Å². The van der Waals surface area contributed by atoms with Crippen molar-refractivity contribution >= 4 is 121 Å². The molecule has 0 saturated heterocycles. The number of carbonyl (C=O) groups is 2. The topological polar surface area (TPSA) is 461 Å². The molecule has 18 aromatic rings. The molecule has 0 atom stereocenters. The maximum Gasteiger partial charge on any atom is 0.407 e. The number of benzene rings is 8. The number of aromatic amines is 2. The van der Waals surface area contributed by atoms with Crippen LogP contribution in [0.3, 0.4) is 0 Å². The quantitative estimate of drug-likeness (QED) is 0.0167. The van der Waals surface area contributed by atoms with Crippen LogP contribution in [0.1, 0.15) is 62.0 Å². The summed E-state index contributed by atoms with van der Waals surface area (Å²) in [6.45, 7) is 18.7. The van der Waals surface area contributed by atoms with E-state index >= 15 is 0 Å². The van der Waals surface area contributed by atoms with Crippen molar-refractivity contribution in [1.29, 1.82) is 5.26 Å². The number of carbonyl (C=O) groups excluding carboxylic acids is 2. The number of hydrogen-bond acceptors (Lipinski definition) is 29. The number of imidazole rings is 2. The number of likely N-dealkylation sites (N-methyl/N-ethyl adjacent to an activating group) is 3. The molecule has 8 aromatic carbocycles. The van der Waals surface area contributed by atoms with Gasteiger partial charge in [0.25, 0.3) is 11.4 Å². The van der Waals surface area contributed by atoms with Gasteiger partial charge in [-0.15, -0.1) is 0 Å². The van der Waals surface area contributed by atoms with E-state index in [9.17, 15) is 9.59 Å². The Labute approximate surface area is 742 Å². The second kappa shape index (κ2) is 43.2. The number of oxazole rings is 3. The molecule has 0 spiro atoms. The van der Waals surface area contributed by atoms with Gasteiger partial charge in [0.05, 0.1) is 51.6 Å². The van der Waals surface area contributed by atoms with E-state index in [0.717, 1.165) is 67.1 Å². The van der Waals surface area contributed by atoms with Gasteiger partial charge in [-0.25, -0.2) is 39.4 Å². The predicted octanol–water partition coefficient (Wildman–Crippen LogP) is 16.7. The molecule has 34 heteroatoms. The fourth-order valence-corrected chi connectivity index (χ4v) is 12.8. The van der Waals surface area contributed by atoms with E-state index in [-0.39, 0.29) is 67.9 Å². The van der Waals surface area contributed by atoms with Gasteiger partial charge in [-0.2, -0.15) is 25.2 Å². The zero-order valence-electron chi connectivity index (χ0n) is 70.4. The van der Waals surface area contributed by atoms with Crippen molar-refractivity contribution in [3.8, 4) is 51.8 Å². The van der Waals surface area contributed by atoms with Gasteiger partial charge in [0.2, 0.25) is 41.3 Å². The number of nitrogens with two attached hydrogens (primary N) is 3. The van der Waals surface area contributed by atoms with Gasteiger partial charge in [-0.05, 0) is 180 Å². The molecule has 0 aliphatic carbocycles. The Hall–Kier alpha value is -17.5. The van der Waals surface area contributed by atoms with Gasteiger partial charge >= 0.3 is 6.09 Å². The molecule has 0 fully saturated rings. The normalized spacial score (nSPS) is 11.1. The Balaban J connectivity index is 0.000000145. The molecule has 652 valence electrons. The Bertz CT molecular complexity index is 6930. The van der Waals surface area contributed by atoms with Crippen LogP contribution in [0.4, 0.5) is 33.8 Å². The number of ether oxygens (including phenoxy) is 3. The van der Waals surface area contributed by atoms with Crippen molar-refractivity contribution in [2.24, 2.45) is 5.73 Å². The lowest BCUT2D eigenvalue weighted by atomic mass is 10.1. The van der Waals surface area contributed by atoms with Crippen molar-refractivity contribution in [3.05, 3.63) is 323 Å². The third-order valence-electron chi connectivity index (χ3n) is 19.7. The summed E-state index contributed by atoms with van der Waals surface area (Å²) in [7, 11) is 5.77. The number of H-pyrrole nitrogens is 2. The SMILES string of the molecule is CN(CCO)c1ccc(-c2ccc(C=O)o2)cc1.N#CCc1nc2ccccc2o1.NCc1ccc(COc2nc(N)nc3nc[nH]c23)cc1.[C-]#[N+]/C(=C\c1ccc(-c2ccc(N(C)CCO)cc2)o1)c1nc2ccccc2o1.[C-]#[N+]/C(=C\c1ccc(-c2ccc(N(C)CCOC(=O)NCc3ccc(COc4nc(N)nc5nc[nH]c45)cc3)cc2)o1)c1nc2ccccc2o1. The van der Waals surface area contributed by atoms with Crippen LogP contribution in [0.5, 0.6) is 11.8 Å². The predicted molar refractivity (Wildman–Crippen MR) is 492 cm³/mol. The molecule has 10 heterocycles. The number of nitrogens with one attached hydrogen (secondary N) is 3. The first-order valence-corrected chi connectivity index (χ1v) is 40.5. The molecular weight excluding hydrogens is 1660 g/mol. The summed E-state index contributed by atoms with van der Waals surface area (Å²) >= 11 is 0. The second-order valence-corrected chi connectivity index (χ2v) is 28.6. The summed E-state index contributed by atoms with van der Waals surface area (Å²) in [6, 6.07) is 74.0. The zero-order valence-corrected chi connectivity index (χ0v) is 70.4. The molecule has 11 N–H and O–H groups in total. The van der Waals surface area contributed by atoms with Crippen LogP contribution in [0.2, 0.25) is 0 Å². The number of alkyl carbamates (subject to hydrolysis) is 1. The van der Waals surface area contributed by atoms with E-state index in [2.05, 4.69) is 69.8 Å². The number of aliphatic hydroxyl groups excluding tert-OH is 2. The van der Waals surface area contributed by atoms with Crippen LogP contribution < -0.4 is 46.7 Å². The number of furan rings is 3. The minimum absolute atomic E-state index is 0.0842. The minimum Gasteiger partial charge on any atom is -0.471 e. The molecule has 1 amide bonds. The van der Waals surface area contributed by atoms with E-state index in [1.54, 1.807) is 30.4 Å². The van der Waals surface area contributed by atoms with Gasteiger partial charge in [0.1, 0.15) is 82.6 Å². The highest BCUT2D eigenvalue weighted by atomic mass is 16.5. The van der Waals surface area contributed by atoms with E-state index in [1.807, 2.05) is 254 Å². The van der Waals surface area contributed by atoms with Crippen LogP contribution in [-0.4, -0.2) is 138 Å². The Morgan fingerprint density at radius 3 is 1.29 bits per heavy atom. The number of fused-ring (bicyclic) bond motifs is 5. The highest BCUT2D eigenvalue weighted by Gasteiger charge is 2.19. The molecular formula is C96H85N21O13. The Morgan fingerprint density at radius 2 is 0.892 bits per heavy atom. The van der Waals surface area contributed by atoms with Gasteiger partial charge < -0.3 is 98.1 Å². The lowest BCUT2D eigenvalue weighted by molar-refractivity contribution is 0.110. The molecule has 0 aliphatic heterocycles. The molecule has 130 heavy (non-hydrogen) atoms. The number of aromatic nitrogens is 11. The fraction of sp³-hybridized carbons (Fsp3) is 0.146. The monoisotopic (exact) mass is 1740 g/mol. The van der Waals surface area contributed by atoms with Crippen LogP contribution in [0, 0.1) is 24.5 Å². The van der Waals surface area contributed by atoms with E-state index in [0.29, 0.717) is 142 Å². The lowest BCUT2D eigenvalue weighted by Crippen LogP contribution is -2.28. The number of para-hydroxylation sites is 6. The van der Waals surface area contributed by atoms with Crippen molar-refractivity contribution < 1.29 is 60.5 Å². The van der Waals surface area contributed by atoms with Crippen LogP contribution >= 0.6 is 0 Å². The second-order valence-electron chi connectivity index (χ2n) is 28.6. The number of hydrogen-bond donors (Lipinski definition) is 8. The smallest absolute Gasteiger partial charge is 0.407 e. The zero-order chi connectivity index (χ0) is 90.7. The highest BCUT2D eigenvalue weighted by Crippen LogP contribution is 2.33. The molecule has 34 nitrogen and oxygen atoms in total. The molecule has 0 bridgehead atoms. The van der Waals surface area contributed by atoms with Crippen molar-refractivity contribution in [2.45, 2.75) is 32.7 Å². The van der Waals surface area contributed by atoms with Gasteiger partial charge in [-0.3, -0.25) is 4.79 Å². The average Bonchev–Trinajstić information content (AvgIpc) is 1.65. The van der Waals surface area contributed by atoms with E-state index in [4.69, 9.17) is 86.5 Å². The van der Waals surface area contributed by atoms with Crippen LogP contribution in [0.15, 0.2) is 270 Å². The fourth-order valence-electron chi connectivity index (χ4n) is 12.8. The highest BCUT2D eigenvalue weighted by molar-refractivity contribution is 5.87. The Morgan fingerprint density at radius 1 is 0.492 bits per heavy atom. The molecule has 0 saturated carbocycles. The van der Waals surface area contributed by atoms with Crippen molar-refractivity contribution in [2.75, 3.05) is 86.8 Å². The number of rotatable bonds is 28. The summed E-state index contributed by atoms with van der Waals surface area (Å²) < 4.78 is 50.9. The number of aliphatic hydroxyl groups is 2. The number of nitrogens with zero attached hydrogens (tertiary/aromatic N) is 15. The number of aldehydes is 1. The third kappa shape index (κ3) is 23.3. The number of nitrogen functional groups attached to an aromatic ring is 2. The first kappa shape index (κ1) is 88.8. The average molecular weight is 1740 g/mol. The standard InChI is InChI=1S/C37H31N9O5.C23H19N3O3.C14H15NO3.C13H14N6O.C9H6N2O/c1-39-29(34-43-28-5-3-4-6-31(28)51-34)19-27-15-16-30(50-27)25-11-13-26(14-12-25)46(2)17-18-48-37(47)40-20-23-7-9-24(10-8-23)21-49-35-32-33(42-22-41-32)44-36(38)45-35;1-24-20(23-25-19-5-3-4-6-22(19)29-23)15-18-11-12-21(28-18)16-7-9-17(10-8-16)26(2)13-14-27;1-15(8-9-16)12-4-2-11(3-5-12)14-7-6-13(10-17)18-14;14-5-8-1-3-9(4-2-8)6-20-12-10-11(17-7-16-10)18-13(15)19-12;10-6-5-9-11-7-3-1-2-4-8(7)12-9/h3-16,19,22H,17-18,20-21H2,2H3,(H,40,47)(H3,38,41,42,44,45);3-12,15,27H,13-14H2,2H3;2-7,10,16H,8-9H2,1H3;1-4,7H,5-6,14H2,(H3,15,16,17,18,19);1-4H,5H2/b29-19-;20-15-;;;. The summed E-state index contributed by atoms with van der Waals surface area (Å²) in [5, 5.41) is 29.1. The number of anilines is 5. The molecule has 0 radical (unpaired) electrons. The number of amides is 1. The van der Waals surface area contributed by atoms with Gasteiger partial charge in [-0.1, -0.05) is 84.9 Å². The van der Waals surface area contributed by atoms with Crippen molar-refractivity contribution in [3.63, 3.8) is 0 Å². The Kier molecular flexibility index (Phi) is 29.5. The summed E-state index contributed by atoms with van der Waals surface area (Å²) in [5.74, 6) is 5.37. The first-order valence-electron chi connectivity index (χ1n) is 40.5. The first-order chi connectivity index (χ1) is 63.5. The number of nitriles is 1. The summed E-state index contributed by atoms with van der Waals surface area (Å²) in [4.78, 5) is 79.1. The van der Waals surface area contributed by atoms with Gasteiger partial charge in [0.15, 0.2) is 40.1 Å². The maximum absolute atomic E-state index is 12.3. The van der Waals surface area contributed by atoms with E-state index < -0.39 is 6.09 Å². The van der Waals surface area contributed by atoms with Crippen LogP contribution in [0.25, 0.3) is 123 Å². The molecule has 18 rings (SSSR count). The molecule has 10 aromatic heterocycles. The summed E-state index contributed by atoms with van der Waals surface area (Å²) in [5.41, 5.74) is 33.4. The van der Waals surface area contributed by atoms with Crippen LogP contribution in [-0.2, 0) is 37.5 Å². The third-order valence-corrected chi connectivity index (χ3v) is 19.7. The molecule has 0 unspecified atom stereocenters. The lowest BCUT2D eigenvalue weighted by Gasteiger charge is -2.19. The minimum atomic E-state index is -0.503. The van der Waals surface area contributed by atoms with E-state index in [1.165, 1.54) is 12.7 Å². The molecule has 0 aliphatic rings. The summed E-state index contributed by atoms with van der Waals surface area (Å²) in [6.07, 6.45) is 6.70. The largest absolute Gasteiger partial charge is 0.471 e. The van der Waals surface area contributed by atoms with Gasteiger partial charge in [0, 0.05) is 81.1 Å². The maximum atomic E-state index is 12.3.